The van der Waals surface area contributed by atoms with E-state index in [1.54, 1.807) is 0 Å². The van der Waals surface area contributed by atoms with Crippen LogP contribution in [0.1, 0.15) is 74.7 Å². The second-order valence-corrected chi connectivity index (χ2v) is 8.20. The Balaban J connectivity index is 3.04. The van der Waals surface area contributed by atoms with Gasteiger partial charge in [0.1, 0.15) is 0 Å². The first-order valence-corrected chi connectivity index (χ1v) is 7.33. The van der Waals surface area contributed by atoms with Gasteiger partial charge in [0, 0.05) is 17.6 Å². The van der Waals surface area contributed by atoms with Crippen molar-refractivity contribution in [1.82, 2.24) is 4.90 Å². The molecule has 17 heavy (non-hydrogen) atoms. The third-order valence-electron chi connectivity index (χ3n) is 4.21. The maximum atomic E-state index is 2.82. The summed E-state index contributed by atoms with van der Waals surface area (Å²) >= 11 is 0. The summed E-state index contributed by atoms with van der Waals surface area (Å²) in [5.74, 6) is 0.763. The predicted octanol–water partition coefficient (Wildman–Crippen LogP) is 4.71. The van der Waals surface area contributed by atoms with Crippen LogP contribution in [0.2, 0.25) is 0 Å². The van der Waals surface area contributed by atoms with Crippen molar-refractivity contribution >= 4 is 0 Å². The molecule has 1 rings (SSSR count). The van der Waals surface area contributed by atoms with Gasteiger partial charge in [0.05, 0.1) is 0 Å². The van der Waals surface area contributed by atoms with E-state index < -0.39 is 0 Å². The van der Waals surface area contributed by atoms with Crippen molar-refractivity contribution in [1.29, 1.82) is 0 Å². The van der Waals surface area contributed by atoms with Crippen LogP contribution in [-0.2, 0) is 0 Å². The quantitative estimate of drug-likeness (QED) is 0.640. The average Bonchev–Trinajstić information content (AvgIpc) is 2.13. The van der Waals surface area contributed by atoms with E-state index in [-0.39, 0.29) is 5.54 Å². The topological polar surface area (TPSA) is 3.24 Å². The Kier molecular flexibility index (Phi) is 4.34. The highest BCUT2D eigenvalue weighted by atomic mass is 15.3. The summed E-state index contributed by atoms with van der Waals surface area (Å²) in [6.07, 6.45) is 4.14. The molecule has 0 aromatic heterocycles. The average molecular weight is 239 g/mol. The number of hydrogen-bond donors (Lipinski definition) is 0. The van der Waals surface area contributed by atoms with Crippen LogP contribution in [0.25, 0.3) is 0 Å². The first-order chi connectivity index (χ1) is 7.55. The Morgan fingerprint density at radius 1 is 0.941 bits per heavy atom. The molecule has 0 aliphatic carbocycles. The second kappa shape index (κ2) is 4.91. The summed E-state index contributed by atoms with van der Waals surface area (Å²) in [5.41, 5.74) is 0.675. The monoisotopic (exact) mass is 239 g/mol. The molecule has 1 fully saturated rings. The molecule has 102 valence electrons. The SMILES string of the molecule is CC(C)C1CCCC(C(C)(C)C)N1C(C)(C)C. The molecule has 1 aliphatic heterocycles. The smallest absolute Gasteiger partial charge is 0.0152 e. The molecule has 0 amide bonds. The number of piperidine rings is 1. The lowest BCUT2D eigenvalue weighted by molar-refractivity contribution is -0.0597. The zero-order valence-corrected chi connectivity index (χ0v) is 13.3. The normalized spacial score (nSPS) is 28.8. The van der Waals surface area contributed by atoms with Crippen LogP contribution in [0, 0.1) is 11.3 Å². The number of nitrogens with zero attached hydrogens (tertiary/aromatic N) is 1. The van der Waals surface area contributed by atoms with Gasteiger partial charge in [-0.1, -0.05) is 41.0 Å². The maximum absolute atomic E-state index is 2.82. The van der Waals surface area contributed by atoms with Gasteiger partial charge in [-0.2, -0.15) is 0 Å². The van der Waals surface area contributed by atoms with Gasteiger partial charge in [0.2, 0.25) is 0 Å². The Hall–Kier alpha value is -0.0400. The zero-order chi connectivity index (χ0) is 13.4. The van der Waals surface area contributed by atoms with Gasteiger partial charge >= 0.3 is 0 Å². The van der Waals surface area contributed by atoms with E-state index in [1.807, 2.05) is 0 Å². The summed E-state index contributed by atoms with van der Waals surface area (Å²) in [6, 6.07) is 1.48. The molecular formula is C16H33N. The van der Waals surface area contributed by atoms with Crippen LogP contribution >= 0.6 is 0 Å². The van der Waals surface area contributed by atoms with Gasteiger partial charge < -0.3 is 0 Å². The van der Waals surface area contributed by atoms with Gasteiger partial charge in [0.15, 0.2) is 0 Å². The van der Waals surface area contributed by atoms with Crippen LogP contribution in [0.3, 0.4) is 0 Å². The Labute approximate surface area is 109 Å². The lowest BCUT2D eigenvalue weighted by Crippen LogP contribution is -2.61. The maximum Gasteiger partial charge on any atom is 0.0152 e. The lowest BCUT2D eigenvalue weighted by Gasteiger charge is -2.55. The third kappa shape index (κ3) is 3.47. The number of likely N-dealkylation sites (tertiary alicyclic amines) is 1. The molecule has 1 aliphatic rings. The van der Waals surface area contributed by atoms with E-state index in [9.17, 15) is 0 Å². The van der Waals surface area contributed by atoms with E-state index in [2.05, 4.69) is 60.3 Å². The lowest BCUT2D eigenvalue weighted by atomic mass is 9.75. The highest BCUT2D eigenvalue weighted by Crippen LogP contribution is 2.40. The highest BCUT2D eigenvalue weighted by molar-refractivity contribution is 4.97. The second-order valence-electron chi connectivity index (χ2n) is 8.20. The zero-order valence-electron chi connectivity index (χ0n) is 13.3. The van der Waals surface area contributed by atoms with E-state index >= 15 is 0 Å². The molecular weight excluding hydrogens is 206 g/mol. The fraction of sp³-hybridized carbons (Fsp3) is 1.00. The highest BCUT2D eigenvalue weighted by Gasteiger charge is 2.43. The standard InChI is InChI=1S/C16H33N/c1-12(2)13-10-9-11-14(15(3,4)5)17(13)16(6,7)8/h12-14H,9-11H2,1-8H3. The van der Waals surface area contributed by atoms with Crippen LogP contribution in [-0.4, -0.2) is 22.5 Å². The molecule has 0 radical (unpaired) electrons. The summed E-state index contributed by atoms with van der Waals surface area (Å²) in [5, 5.41) is 0. The fourth-order valence-corrected chi connectivity index (χ4v) is 3.50. The van der Waals surface area contributed by atoms with Crippen LogP contribution < -0.4 is 0 Å². The summed E-state index contributed by atoms with van der Waals surface area (Å²) < 4.78 is 0. The summed E-state index contributed by atoms with van der Waals surface area (Å²) in [6.45, 7) is 19.1. The van der Waals surface area contributed by atoms with Crippen molar-refractivity contribution in [2.75, 3.05) is 0 Å². The summed E-state index contributed by atoms with van der Waals surface area (Å²) in [4.78, 5) is 2.82. The van der Waals surface area contributed by atoms with E-state index in [1.165, 1.54) is 19.3 Å². The number of rotatable bonds is 1. The minimum atomic E-state index is 0.285. The summed E-state index contributed by atoms with van der Waals surface area (Å²) in [7, 11) is 0. The first-order valence-electron chi connectivity index (χ1n) is 7.33. The largest absolute Gasteiger partial charge is 0.292 e. The van der Waals surface area contributed by atoms with Gasteiger partial charge in [-0.05, 0) is 44.9 Å². The van der Waals surface area contributed by atoms with Crippen molar-refractivity contribution in [3.63, 3.8) is 0 Å². The molecule has 2 atom stereocenters. The predicted molar refractivity (Wildman–Crippen MR) is 77.3 cm³/mol. The third-order valence-corrected chi connectivity index (χ3v) is 4.21. The molecule has 1 heteroatoms. The molecule has 0 spiro atoms. The van der Waals surface area contributed by atoms with Gasteiger partial charge in [-0.25, -0.2) is 0 Å². The molecule has 2 unspecified atom stereocenters. The van der Waals surface area contributed by atoms with Crippen LogP contribution in [0.5, 0.6) is 0 Å². The van der Waals surface area contributed by atoms with Crippen molar-refractivity contribution in [3.05, 3.63) is 0 Å². The Morgan fingerprint density at radius 3 is 1.82 bits per heavy atom. The molecule has 0 aromatic carbocycles. The molecule has 0 aromatic rings. The van der Waals surface area contributed by atoms with Gasteiger partial charge in [-0.15, -0.1) is 0 Å². The molecule has 0 saturated carbocycles. The minimum absolute atomic E-state index is 0.285. The Morgan fingerprint density at radius 2 is 1.47 bits per heavy atom. The van der Waals surface area contributed by atoms with Gasteiger partial charge in [-0.3, -0.25) is 4.90 Å². The molecule has 1 heterocycles. The molecule has 0 N–H and O–H groups in total. The molecule has 1 saturated heterocycles. The van der Waals surface area contributed by atoms with E-state index in [0.29, 0.717) is 5.41 Å². The van der Waals surface area contributed by atoms with Crippen molar-refractivity contribution in [2.24, 2.45) is 11.3 Å². The van der Waals surface area contributed by atoms with E-state index in [4.69, 9.17) is 0 Å². The Bertz CT molecular complexity index is 241. The van der Waals surface area contributed by atoms with Crippen molar-refractivity contribution in [2.45, 2.75) is 92.3 Å². The minimum Gasteiger partial charge on any atom is -0.292 e. The van der Waals surface area contributed by atoms with Gasteiger partial charge in [0.25, 0.3) is 0 Å². The van der Waals surface area contributed by atoms with Crippen LogP contribution in [0.4, 0.5) is 0 Å². The fourth-order valence-electron chi connectivity index (χ4n) is 3.50. The molecule has 0 bridgehead atoms. The van der Waals surface area contributed by atoms with Crippen LogP contribution in [0.15, 0.2) is 0 Å². The van der Waals surface area contributed by atoms with Crippen molar-refractivity contribution in [3.8, 4) is 0 Å². The van der Waals surface area contributed by atoms with Crippen molar-refractivity contribution < 1.29 is 0 Å². The molecule has 1 nitrogen and oxygen atoms in total. The first kappa shape index (κ1) is 15.0. The number of hydrogen-bond acceptors (Lipinski definition) is 1. The van der Waals surface area contributed by atoms with E-state index in [0.717, 1.165) is 18.0 Å².